The van der Waals surface area contributed by atoms with Gasteiger partial charge in [0.15, 0.2) is 17.5 Å². The summed E-state index contributed by atoms with van der Waals surface area (Å²) in [5.74, 6) is 1.92. The minimum atomic E-state index is 0.631. The summed E-state index contributed by atoms with van der Waals surface area (Å²) in [7, 11) is 0. The van der Waals surface area contributed by atoms with Crippen LogP contribution in [0.5, 0.6) is 0 Å². The summed E-state index contributed by atoms with van der Waals surface area (Å²) in [5.41, 5.74) is 12.6. The van der Waals surface area contributed by atoms with Gasteiger partial charge in [-0.25, -0.2) is 19.9 Å². The van der Waals surface area contributed by atoms with Crippen molar-refractivity contribution in [3.63, 3.8) is 0 Å². The van der Waals surface area contributed by atoms with Crippen molar-refractivity contribution in [2.45, 2.75) is 0 Å². The van der Waals surface area contributed by atoms with E-state index in [9.17, 15) is 0 Å². The van der Waals surface area contributed by atoms with Crippen LogP contribution in [0.3, 0.4) is 0 Å². The van der Waals surface area contributed by atoms with Crippen LogP contribution in [0.4, 0.5) is 0 Å². The van der Waals surface area contributed by atoms with Crippen LogP contribution in [0.2, 0.25) is 0 Å². The average molecular weight is 741 g/mol. The number of fused-ring (bicyclic) bond motifs is 12. The van der Waals surface area contributed by atoms with Gasteiger partial charge in [-0.15, -0.1) is 0 Å². The summed E-state index contributed by atoms with van der Waals surface area (Å²) in [6, 6.07) is 68.0. The van der Waals surface area contributed by atoms with Gasteiger partial charge in [0.05, 0.1) is 27.6 Å². The van der Waals surface area contributed by atoms with Crippen LogP contribution in [-0.4, -0.2) is 28.9 Å². The van der Waals surface area contributed by atoms with Gasteiger partial charge >= 0.3 is 0 Å². The van der Waals surface area contributed by atoms with Gasteiger partial charge in [-0.2, -0.15) is 0 Å². The highest BCUT2D eigenvalue weighted by atomic mass is 15.0. The zero-order valence-electron chi connectivity index (χ0n) is 31.2. The van der Waals surface area contributed by atoms with Crippen LogP contribution in [0, 0.1) is 0 Å². The Morgan fingerprint density at radius 2 is 0.828 bits per heavy atom. The molecular weight excluding hydrogens is 709 g/mol. The molecule has 12 aromatic rings. The third-order valence-corrected chi connectivity index (χ3v) is 11.3. The van der Waals surface area contributed by atoms with Crippen molar-refractivity contribution < 1.29 is 0 Å². The first-order valence-electron chi connectivity index (χ1n) is 19.5. The predicted octanol–water partition coefficient (Wildman–Crippen LogP) is 12.7. The minimum Gasteiger partial charge on any atom is -0.309 e. The highest BCUT2D eigenvalue weighted by molar-refractivity contribution is 6.29. The molecule has 0 amide bonds. The molecule has 0 aliphatic heterocycles. The summed E-state index contributed by atoms with van der Waals surface area (Å²) in [5, 5.41) is 6.01. The highest BCUT2D eigenvalue weighted by Crippen LogP contribution is 2.42. The van der Waals surface area contributed by atoms with Gasteiger partial charge < -0.3 is 4.57 Å². The Balaban J connectivity index is 1.04. The van der Waals surface area contributed by atoms with Crippen LogP contribution in [-0.2, 0) is 0 Å². The van der Waals surface area contributed by atoms with Crippen LogP contribution < -0.4 is 0 Å². The van der Waals surface area contributed by atoms with Crippen LogP contribution >= 0.6 is 0 Å². The molecule has 0 radical (unpaired) electrons. The fraction of sp³-hybridized carbons (Fsp3) is 0. The largest absolute Gasteiger partial charge is 0.309 e. The fourth-order valence-corrected chi connectivity index (χ4v) is 8.73. The number of pyridine rings is 1. The van der Waals surface area contributed by atoms with E-state index in [4.69, 9.17) is 19.9 Å². The molecule has 0 saturated carbocycles. The molecule has 4 heterocycles. The number of imidazole rings is 1. The molecule has 6 heteroatoms. The molecule has 8 aromatic carbocycles. The van der Waals surface area contributed by atoms with E-state index in [0.717, 1.165) is 72.1 Å². The van der Waals surface area contributed by atoms with Gasteiger partial charge in [-0.05, 0) is 65.0 Å². The molecule has 0 spiro atoms. The number of hydrogen-bond donors (Lipinski definition) is 0. The SMILES string of the molecule is c1ccc(-c2nc(-c3ccccc3)nc(-c3cccc(-c4cccc(-n5c6ccccc6c6c7c8ccccc8c8nc9ccccc9n8c7ccc65)c4)c3)n2)cc1. The second-order valence-electron chi connectivity index (χ2n) is 14.7. The Morgan fingerprint density at radius 1 is 0.310 bits per heavy atom. The first-order chi connectivity index (χ1) is 28.8. The lowest BCUT2D eigenvalue weighted by Crippen LogP contribution is -2.00. The maximum atomic E-state index is 5.14. The molecule has 58 heavy (non-hydrogen) atoms. The summed E-state index contributed by atoms with van der Waals surface area (Å²) in [4.78, 5) is 20.1. The number of hydrogen-bond acceptors (Lipinski definition) is 4. The Bertz CT molecular complexity index is 3510. The van der Waals surface area contributed by atoms with Crippen molar-refractivity contribution in [2.75, 3.05) is 0 Å². The molecule has 0 N–H and O–H groups in total. The second-order valence-corrected chi connectivity index (χ2v) is 14.7. The molecule has 0 unspecified atom stereocenters. The molecule has 4 aromatic heterocycles. The van der Waals surface area contributed by atoms with Gasteiger partial charge in [-0.1, -0.05) is 146 Å². The first-order valence-corrected chi connectivity index (χ1v) is 19.5. The Hall–Kier alpha value is -7.96. The molecule has 0 bridgehead atoms. The smallest absolute Gasteiger partial charge is 0.164 e. The number of nitrogens with zero attached hydrogens (tertiary/aromatic N) is 6. The van der Waals surface area contributed by atoms with E-state index in [0.29, 0.717) is 17.5 Å². The molecule has 0 aliphatic rings. The molecule has 6 nitrogen and oxygen atoms in total. The third kappa shape index (κ3) is 4.98. The van der Waals surface area contributed by atoms with Crippen molar-refractivity contribution in [1.82, 2.24) is 28.9 Å². The van der Waals surface area contributed by atoms with E-state index in [1.54, 1.807) is 0 Å². The summed E-state index contributed by atoms with van der Waals surface area (Å²) in [6.45, 7) is 0. The van der Waals surface area contributed by atoms with Crippen LogP contribution in [0.1, 0.15) is 0 Å². The van der Waals surface area contributed by atoms with Crippen LogP contribution in [0.25, 0.3) is 111 Å². The van der Waals surface area contributed by atoms with E-state index >= 15 is 0 Å². The fourth-order valence-electron chi connectivity index (χ4n) is 8.73. The summed E-state index contributed by atoms with van der Waals surface area (Å²) >= 11 is 0. The molecule has 270 valence electrons. The van der Waals surface area contributed by atoms with E-state index in [1.807, 2.05) is 60.7 Å². The maximum absolute atomic E-state index is 5.14. The topological polar surface area (TPSA) is 60.9 Å². The van der Waals surface area contributed by atoms with Crippen LogP contribution in [0.15, 0.2) is 194 Å². The molecule has 0 atom stereocenters. The van der Waals surface area contributed by atoms with Gasteiger partial charge in [0.2, 0.25) is 0 Å². The lowest BCUT2D eigenvalue weighted by atomic mass is 10.0. The molecule has 0 aliphatic carbocycles. The molecule has 0 saturated heterocycles. The standard InChI is InChI=1S/C52H32N6/c1-3-15-33(16-4-1)49-54-50(34-17-5-2-6-18-34)56-51(55-49)37-21-13-19-35(31-37)36-20-14-22-38(32-36)57-43-27-11-9-25-41(43)48-45(57)29-30-46-47(48)39-23-7-8-24-40(39)52-53-42-26-10-12-28-44(42)58(46)52/h1-32H. The number of rotatable bonds is 5. The van der Waals surface area contributed by atoms with E-state index in [-0.39, 0.29) is 0 Å². The maximum Gasteiger partial charge on any atom is 0.164 e. The van der Waals surface area contributed by atoms with Crippen molar-refractivity contribution in [3.8, 4) is 51.0 Å². The molecule has 12 rings (SSSR count). The number of benzene rings is 8. The lowest BCUT2D eigenvalue weighted by molar-refractivity contribution is 1.07. The highest BCUT2D eigenvalue weighted by Gasteiger charge is 2.21. The normalized spacial score (nSPS) is 11.8. The van der Waals surface area contributed by atoms with Gasteiger partial charge in [-0.3, -0.25) is 4.40 Å². The van der Waals surface area contributed by atoms with E-state index < -0.39 is 0 Å². The second kappa shape index (κ2) is 12.8. The van der Waals surface area contributed by atoms with Crippen molar-refractivity contribution >= 4 is 60.2 Å². The quantitative estimate of drug-likeness (QED) is 0.165. The Labute approximate surface area is 333 Å². The van der Waals surface area contributed by atoms with E-state index in [2.05, 4.69) is 142 Å². The zero-order chi connectivity index (χ0) is 38.2. The Kier molecular flexibility index (Phi) is 7.13. The molecule has 0 fully saturated rings. The molecular formula is C52H32N6. The number of para-hydroxylation sites is 3. The van der Waals surface area contributed by atoms with Crippen molar-refractivity contribution in [3.05, 3.63) is 194 Å². The zero-order valence-corrected chi connectivity index (χ0v) is 31.2. The van der Waals surface area contributed by atoms with Gasteiger partial charge in [0, 0.05) is 43.9 Å². The van der Waals surface area contributed by atoms with Gasteiger partial charge in [0.1, 0.15) is 5.65 Å². The predicted molar refractivity (Wildman–Crippen MR) is 237 cm³/mol. The first kappa shape index (κ1) is 32.3. The summed E-state index contributed by atoms with van der Waals surface area (Å²) in [6.07, 6.45) is 0. The van der Waals surface area contributed by atoms with E-state index in [1.165, 1.54) is 21.5 Å². The lowest BCUT2D eigenvalue weighted by Gasteiger charge is -2.13. The average Bonchev–Trinajstić information content (AvgIpc) is 3.86. The van der Waals surface area contributed by atoms with Crippen molar-refractivity contribution in [2.24, 2.45) is 0 Å². The monoisotopic (exact) mass is 740 g/mol. The third-order valence-electron chi connectivity index (χ3n) is 11.3. The minimum absolute atomic E-state index is 0.631. The van der Waals surface area contributed by atoms with Gasteiger partial charge in [0.25, 0.3) is 0 Å². The number of aromatic nitrogens is 6. The summed E-state index contributed by atoms with van der Waals surface area (Å²) < 4.78 is 4.75. The van der Waals surface area contributed by atoms with Crippen molar-refractivity contribution in [1.29, 1.82) is 0 Å². The Morgan fingerprint density at radius 3 is 1.57 bits per heavy atom.